The average molecular weight is 437 g/mol. The lowest BCUT2D eigenvalue weighted by Crippen LogP contribution is -2.46. The normalized spacial score (nSPS) is 16.8. The Morgan fingerprint density at radius 1 is 1.10 bits per heavy atom. The minimum absolute atomic E-state index is 0.0411. The van der Waals surface area contributed by atoms with Gasteiger partial charge in [0.25, 0.3) is 5.91 Å². The van der Waals surface area contributed by atoms with Crippen LogP contribution in [-0.2, 0) is 35.2 Å². The van der Waals surface area contributed by atoms with E-state index in [0.29, 0.717) is 31.2 Å². The molecule has 1 N–H and O–H groups in total. The zero-order valence-electron chi connectivity index (χ0n) is 15.5. The first kappa shape index (κ1) is 23.1. The first-order valence-corrected chi connectivity index (χ1v) is 10.5. The Bertz CT molecular complexity index is 792. The first-order valence-electron chi connectivity index (χ1n) is 9.07. The van der Waals surface area contributed by atoms with Crippen LogP contribution in [0.3, 0.4) is 0 Å². The molecule has 1 aliphatic rings. The fourth-order valence-corrected chi connectivity index (χ4v) is 3.64. The van der Waals surface area contributed by atoms with Crippen molar-refractivity contribution >= 4 is 22.0 Å². The molecule has 162 valence electrons. The summed E-state index contributed by atoms with van der Waals surface area (Å²) < 4.78 is 70.0. The molecule has 0 saturated heterocycles. The minimum atomic E-state index is -5.95. The van der Waals surface area contributed by atoms with E-state index in [-0.39, 0.29) is 6.61 Å². The molecular formula is C18H22F3NO6S. The predicted molar refractivity (Wildman–Crippen MR) is 95.7 cm³/mol. The fraction of sp³-hybridized carbons (Fsp3) is 0.556. The van der Waals surface area contributed by atoms with Crippen LogP contribution < -0.4 is 5.32 Å². The van der Waals surface area contributed by atoms with Crippen LogP contribution in [0.1, 0.15) is 37.7 Å². The summed E-state index contributed by atoms with van der Waals surface area (Å²) in [7, 11) is -5.95. The van der Waals surface area contributed by atoms with Crippen molar-refractivity contribution in [3.05, 3.63) is 35.9 Å². The molecule has 1 fully saturated rings. The van der Waals surface area contributed by atoms with Gasteiger partial charge in [0.1, 0.15) is 13.2 Å². The van der Waals surface area contributed by atoms with Gasteiger partial charge in [0.05, 0.1) is 0 Å². The standard InChI is InChI=1S/C18H22F3NO6S/c19-18(20,21)29(25,26)28-16(14-9-5-2-6-10-14)17(24)22-11-15(23)27-12-13-7-3-1-4-8-13/h1,3-4,7-8,14,16H,2,5-6,9-12H2,(H,22,24). The molecule has 1 aromatic carbocycles. The number of ether oxygens (including phenoxy) is 1. The van der Waals surface area contributed by atoms with Gasteiger partial charge in [-0.25, -0.2) is 4.18 Å². The van der Waals surface area contributed by atoms with E-state index >= 15 is 0 Å². The third-order valence-corrected chi connectivity index (χ3v) is 5.53. The third-order valence-electron chi connectivity index (χ3n) is 4.50. The summed E-state index contributed by atoms with van der Waals surface area (Å²) in [4.78, 5) is 24.1. The van der Waals surface area contributed by atoms with Crippen LogP contribution in [-0.4, -0.2) is 38.5 Å². The second-order valence-corrected chi connectivity index (χ2v) is 8.24. The van der Waals surface area contributed by atoms with E-state index in [1.54, 1.807) is 30.3 Å². The largest absolute Gasteiger partial charge is 0.523 e. The van der Waals surface area contributed by atoms with Gasteiger partial charge in [-0.15, -0.1) is 0 Å². The van der Waals surface area contributed by atoms with Crippen molar-refractivity contribution < 1.29 is 40.1 Å². The van der Waals surface area contributed by atoms with E-state index in [9.17, 15) is 31.2 Å². The van der Waals surface area contributed by atoms with Crippen LogP contribution in [0.25, 0.3) is 0 Å². The summed E-state index contributed by atoms with van der Waals surface area (Å²) in [6.07, 6.45) is 0.964. The highest BCUT2D eigenvalue weighted by molar-refractivity contribution is 7.87. The van der Waals surface area contributed by atoms with Gasteiger partial charge in [-0.3, -0.25) is 9.59 Å². The number of carbonyl (C=O) groups is 2. The summed E-state index contributed by atoms with van der Waals surface area (Å²) in [5.41, 5.74) is -4.93. The van der Waals surface area contributed by atoms with Crippen LogP contribution in [0.4, 0.5) is 13.2 Å². The molecule has 0 aromatic heterocycles. The lowest BCUT2D eigenvalue weighted by molar-refractivity contribution is -0.146. The minimum Gasteiger partial charge on any atom is -0.460 e. The van der Waals surface area contributed by atoms with E-state index in [2.05, 4.69) is 9.50 Å². The molecule has 1 aliphatic carbocycles. The Morgan fingerprint density at radius 2 is 1.72 bits per heavy atom. The van der Waals surface area contributed by atoms with Crippen LogP contribution >= 0.6 is 0 Å². The van der Waals surface area contributed by atoms with Gasteiger partial charge in [-0.1, -0.05) is 49.6 Å². The van der Waals surface area contributed by atoms with Crippen molar-refractivity contribution in [2.75, 3.05) is 6.54 Å². The molecule has 1 saturated carbocycles. The molecular weight excluding hydrogens is 415 g/mol. The number of halogens is 3. The van der Waals surface area contributed by atoms with E-state index in [1.165, 1.54) is 0 Å². The predicted octanol–water partition coefficient (Wildman–Crippen LogP) is 2.66. The van der Waals surface area contributed by atoms with Crippen molar-refractivity contribution in [1.82, 2.24) is 5.32 Å². The Balaban J connectivity index is 1.96. The second kappa shape index (κ2) is 10.1. The molecule has 0 bridgehead atoms. The lowest BCUT2D eigenvalue weighted by Gasteiger charge is -2.28. The number of amides is 1. The van der Waals surface area contributed by atoms with Crippen LogP contribution in [0.15, 0.2) is 30.3 Å². The second-order valence-electron chi connectivity index (χ2n) is 6.68. The van der Waals surface area contributed by atoms with Gasteiger partial charge in [-0.05, 0) is 24.3 Å². The number of rotatable bonds is 8. The van der Waals surface area contributed by atoms with Crippen molar-refractivity contribution in [2.24, 2.45) is 5.92 Å². The third kappa shape index (κ3) is 7.00. The van der Waals surface area contributed by atoms with Gasteiger partial charge < -0.3 is 10.1 Å². The van der Waals surface area contributed by atoms with Gasteiger partial charge in [0.15, 0.2) is 6.10 Å². The molecule has 0 aliphatic heterocycles. The van der Waals surface area contributed by atoms with Gasteiger partial charge >= 0.3 is 21.6 Å². The molecule has 0 spiro atoms. The maximum absolute atomic E-state index is 12.7. The Kier molecular flexibility index (Phi) is 8.03. The zero-order valence-corrected chi connectivity index (χ0v) is 16.3. The van der Waals surface area contributed by atoms with Gasteiger partial charge in [0.2, 0.25) is 0 Å². The number of hydrogen-bond donors (Lipinski definition) is 1. The number of benzene rings is 1. The van der Waals surface area contributed by atoms with Crippen LogP contribution in [0, 0.1) is 5.92 Å². The molecule has 2 rings (SSSR count). The highest BCUT2D eigenvalue weighted by atomic mass is 32.2. The number of esters is 1. The molecule has 1 atom stereocenters. The summed E-state index contributed by atoms with van der Waals surface area (Å²) in [6, 6.07) is 8.73. The number of hydrogen-bond acceptors (Lipinski definition) is 6. The van der Waals surface area contributed by atoms with Crippen LogP contribution in [0.5, 0.6) is 0 Å². The number of nitrogens with one attached hydrogen (secondary N) is 1. The van der Waals surface area contributed by atoms with E-state index in [0.717, 1.165) is 6.42 Å². The van der Waals surface area contributed by atoms with Crippen molar-refractivity contribution in [3.8, 4) is 0 Å². The number of carbonyl (C=O) groups excluding carboxylic acids is 2. The highest BCUT2D eigenvalue weighted by Gasteiger charge is 2.50. The van der Waals surface area contributed by atoms with Crippen molar-refractivity contribution in [1.29, 1.82) is 0 Å². The first-order chi connectivity index (χ1) is 13.6. The number of alkyl halides is 3. The maximum atomic E-state index is 12.7. The molecule has 0 heterocycles. The fourth-order valence-electron chi connectivity index (χ4n) is 3.01. The molecule has 11 heteroatoms. The highest BCUT2D eigenvalue weighted by Crippen LogP contribution is 2.32. The average Bonchev–Trinajstić information content (AvgIpc) is 2.69. The summed E-state index contributed by atoms with van der Waals surface area (Å²) in [6.45, 7) is -0.662. The van der Waals surface area contributed by atoms with Crippen LogP contribution in [0.2, 0.25) is 0 Å². The Hall–Kier alpha value is -2.14. The SMILES string of the molecule is O=C(CNC(=O)C(OS(=O)(=O)C(F)(F)F)C1CCCCC1)OCc1ccccc1. The molecule has 0 radical (unpaired) electrons. The summed E-state index contributed by atoms with van der Waals surface area (Å²) in [5.74, 6) is -2.61. The monoisotopic (exact) mass is 437 g/mol. The summed E-state index contributed by atoms with van der Waals surface area (Å²) in [5, 5.41) is 2.12. The smallest absolute Gasteiger partial charge is 0.460 e. The molecule has 7 nitrogen and oxygen atoms in total. The Morgan fingerprint density at radius 3 is 2.31 bits per heavy atom. The van der Waals surface area contributed by atoms with E-state index < -0.39 is 46.1 Å². The molecule has 29 heavy (non-hydrogen) atoms. The van der Waals surface area contributed by atoms with Gasteiger partial charge in [-0.2, -0.15) is 21.6 Å². The van der Waals surface area contributed by atoms with Crippen molar-refractivity contribution in [3.63, 3.8) is 0 Å². The molecule has 1 unspecified atom stereocenters. The lowest BCUT2D eigenvalue weighted by atomic mass is 9.85. The van der Waals surface area contributed by atoms with Crippen molar-refractivity contribution in [2.45, 2.75) is 50.3 Å². The summed E-state index contributed by atoms with van der Waals surface area (Å²) >= 11 is 0. The Labute approximate surface area is 166 Å². The van der Waals surface area contributed by atoms with E-state index in [4.69, 9.17) is 4.74 Å². The van der Waals surface area contributed by atoms with E-state index in [1.807, 2.05) is 0 Å². The maximum Gasteiger partial charge on any atom is 0.523 e. The zero-order chi connectivity index (χ0) is 21.5. The molecule has 1 amide bonds. The molecule has 1 aromatic rings. The quantitative estimate of drug-likeness (QED) is 0.381. The van der Waals surface area contributed by atoms with Gasteiger partial charge in [0, 0.05) is 0 Å². The topological polar surface area (TPSA) is 98.8 Å².